The molecule has 1 aromatic rings. The summed E-state index contributed by atoms with van der Waals surface area (Å²) < 4.78 is 0. The molecule has 1 N–H and O–H groups in total. The molecule has 4 nitrogen and oxygen atoms in total. The first kappa shape index (κ1) is 16.5. The molecular formula is C19H29N3O. The maximum atomic E-state index is 12.6. The minimum absolute atomic E-state index is 0.192. The maximum Gasteiger partial charge on any atom is 0.227 e. The first-order valence-corrected chi connectivity index (χ1v) is 8.90. The van der Waals surface area contributed by atoms with E-state index in [1.807, 2.05) is 11.9 Å². The summed E-state index contributed by atoms with van der Waals surface area (Å²) >= 11 is 0. The van der Waals surface area contributed by atoms with E-state index in [0.29, 0.717) is 18.0 Å². The molecule has 0 aliphatic carbocycles. The highest BCUT2D eigenvalue weighted by Gasteiger charge is 2.33. The fraction of sp³-hybridized carbons (Fsp3) is 0.632. The molecule has 2 saturated heterocycles. The second-order valence-corrected chi connectivity index (χ2v) is 7.12. The fourth-order valence-corrected chi connectivity index (χ4v) is 3.93. The Balaban J connectivity index is 1.54. The minimum atomic E-state index is 0.192. The van der Waals surface area contributed by atoms with Crippen LogP contribution in [-0.4, -0.2) is 54.5 Å². The molecule has 1 aromatic carbocycles. The van der Waals surface area contributed by atoms with Gasteiger partial charge in [0.1, 0.15) is 0 Å². The molecule has 0 saturated carbocycles. The summed E-state index contributed by atoms with van der Waals surface area (Å²) in [5.74, 6) is 0.529. The number of hydrogen-bond acceptors (Lipinski definition) is 3. The monoisotopic (exact) mass is 315 g/mol. The summed E-state index contributed by atoms with van der Waals surface area (Å²) in [6.07, 6.45) is 3.15. The van der Waals surface area contributed by atoms with E-state index in [1.54, 1.807) is 0 Å². The van der Waals surface area contributed by atoms with Crippen molar-refractivity contribution in [3.63, 3.8) is 0 Å². The molecule has 0 spiro atoms. The minimum Gasteiger partial charge on any atom is -0.342 e. The zero-order chi connectivity index (χ0) is 16.2. The Morgan fingerprint density at radius 1 is 1.30 bits per heavy atom. The summed E-state index contributed by atoms with van der Waals surface area (Å²) in [4.78, 5) is 17.2. The fourth-order valence-electron chi connectivity index (χ4n) is 3.93. The molecule has 1 amide bonds. The van der Waals surface area contributed by atoms with Crippen molar-refractivity contribution in [2.24, 2.45) is 5.92 Å². The first-order valence-electron chi connectivity index (χ1n) is 8.90. The number of likely N-dealkylation sites (tertiary alicyclic amines) is 1. The maximum absolute atomic E-state index is 12.6. The lowest BCUT2D eigenvalue weighted by Crippen LogP contribution is -2.50. The molecular weight excluding hydrogens is 286 g/mol. The number of amides is 1. The predicted octanol–water partition coefficient (Wildman–Crippen LogP) is 2.11. The molecule has 3 atom stereocenters. The summed E-state index contributed by atoms with van der Waals surface area (Å²) in [5.41, 5.74) is 1.37. The van der Waals surface area contributed by atoms with E-state index in [2.05, 4.69) is 47.5 Å². The lowest BCUT2D eigenvalue weighted by Gasteiger charge is -2.41. The molecule has 2 heterocycles. The number of carbonyl (C=O) groups is 1. The molecule has 0 radical (unpaired) electrons. The van der Waals surface area contributed by atoms with E-state index in [0.717, 1.165) is 45.4 Å². The lowest BCUT2D eigenvalue weighted by molar-refractivity contribution is -0.137. The van der Waals surface area contributed by atoms with Crippen LogP contribution in [0.15, 0.2) is 30.3 Å². The molecule has 3 unspecified atom stereocenters. The van der Waals surface area contributed by atoms with Crippen LogP contribution < -0.4 is 5.32 Å². The predicted molar refractivity (Wildman–Crippen MR) is 93.1 cm³/mol. The number of nitrogens with zero attached hydrogens (tertiary/aromatic N) is 2. The highest BCUT2D eigenvalue weighted by atomic mass is 16.2. The summed E-state index contributed by atoms with van der Waals surface area (Å²) in [6, 6.07) is 11.6. The van der Waals surface area contributed by atoms with Crippen LogP contribution in [0.3, 0.4) is 0 Å². The van der Waals surface area contributed by atoms with E-state index in [1.165, 1.54) is 5.56 Å². The number of piperidine rings is 1. The van der Waals surface area contributed by atoms with Crippen LogP contribution in [0.1, 0.15) is 31.7 Å². The topological polar surface area (TPSA) is 35.6 Å². The van der Waals surface area contributed by atoms with Gasteiger partial charge in [-0.2, -0.15) is 0 Å². The van der Waals surface area contributed by atoms with Crippen molar-refractivity contribution < 1.29 is 4.79 Å². The van der Waals surface area contributed by atoms with E-state index in [-0.39, 0.29) is 5.92 Å². The van der Waals surface area contributed by atoms with Gasteiger partial charge in [-0.25, -0.2) is 0 Å². The second kappa shape index (κ2) is 7.45. The highest BCUT2D eigenvalue weighted by molar-refractivity contribution is 5.79. The van der Waals surface area contributed by atoms with Crippen molar-refractivity contribution in [2.75, 3.05) is 26.7 Å². The zero-order valence-corrected chi connectivity index (χ0v) is 14.4. The first-order chi connectivity index (χ1) is 11.1. The molecule has 2 aliphatic heterocycles. The van der Waals surface area contributed by atoms with Gasteiger partial charge in [-0.05, 0) is 38.3 Å². The van der Waals surface area contributed by atoms with Gasteiger partial charge in [0.25, 0.3) is 0 Å². The quantitative estimate of drug-likeness (QED) is 0.924. The van der Waals surface area contributed by atoms with Crippen molar-refractivity contribution in [3.8, 4) is 0 Å². The zero-order valence-electron chi connectivity index (χ0n) is 14.4. The Labute approximate surface area is 139 Å². The molecule has 23 heavy (non-hydrogen) atoms. The van der Waals surface area contributed by atoms with Gasteiger partial charge in [-0.15, -0.1) is 0 Å². The van der Waals surface area contributed by atoms with E-state index >= 15 is 0 Å². The molecule has 2 aliphatic rings. The summed E-state index contributed by atoms with van der Waals surface area (Å²) in [5, 5.41) is 3.30. The van der Waals surface area contributed by atoms with Crippen LogP contribution in [0.5, 0.6) is 0 Å². The van der Waals surface area contributed by atoms with Gasteiger partial charge in [-0.3, -0.25) is 9.69 Å². The number of nitrogens with one attached hydrogen (secondary N) is 1. The normalized spacial score (nSPS) is 28.7. The average molecular weight is 315 g/mol. The van der Waals surface area contributed by atoms with E-state index < -0.39 is 0 Å². The summed E-state index contributed by atoms with van der Waals surface area (Å²) in [7, 11) is 2.00. The number of carbonyl (C=O) groups excluding carboxylic acids is 1. The van der Waals surface area contributed by atoms with Crippen LogP contribution in [0.2, 0.25) is 0 Å². The van der Waals surface area contributed by atoms with Crippen LogP contribution in [0, 0.1) is 5.92 Å². The standard InChI is InChI=1S/C19H29N3O/c1-15-12-18(21(2)19(23)17-8-10-20-13-17)9-11-22(15)14-16-6-4-3-5-7-16/h3-7,15,17-18,20H,8-14H2,1-2H3. The van der Waals surface area contributed by atoms with Crippen molar-refractivity contribution in [2.45, 2.75) is 44.8 Å². The second-order valence-electron chi connectivity index (χ2n) is 7.12. The van der Waals surface area contributed by atoms with Gasteiger partial charge in [0.15, 0.2) is 0 Å². The van der Waals surface area contributed by atoms with Crippen LogP contribution >= 0.6 is 0 Å². The van der Waals surface area contributed by atoms with Gasteiger partial charge in [-0.1, -0.05) is 30.3 Å². The van der Waals surface area contributed by atoms with Crippen molar-refractivity contribution in [1.29, 1.82) is 0 Å². The number of hydrogen-bond donors (Lipinski definition) is 1. The van der Waals surface area contributed by atoms with Gasteiger partial charge in [0, 0.05) is 38.8 Å². The molecule has 0 bridgehead atoms. The third-order valence-corrected chi connectivity index (χ3v) is 5.52. The largest absolute Gasteiger partial charge is 0.342 e. The van der Waals surface area contributed by atoms with E-state index in [4.69, 9.17) is 0 Å². The van der Waals surface area contributed by atoms with Crippen molar-refractivity contribution in [1.82, 2.24) is 15.1 Å². The Bertz CT molecular complexity index is 513. The summed E-state index contributed by atoms with van der Waals surface area (Å²) in [6.45, 7) is 6.21. The average Bonchev–Trinajstić information content (AvgIpc) is 3.11. The third-order valence-electron chi connectivity index (χ3n) is 5.52. The van der Waals surface area contributed by atoms with Crippen molar-refractivity contribution in [3.05, 3.63) is 35.9 Å². The molecule has 4 heteroatoms. The molecule has 2 fully saturated rings. The van der Waals surface area contributed by atoms with Crippen LogP contribution in [-0.2, 0) is 11.3 Å². The van der Waals surface area contributed by atoms with E-state index in [9.17, 15) is 4.79 Å². The Morgan fingerprint density at radius 3 is 2.74 bits per heavy atom. The van der Waals surface area contributed by atoms with Crippen LogP contribution in [0.25, 0.3) is 0 Å². The molecule has 126 valence electrons. The number of rotatable bonds is 4. The SMILES string of the molecule is CC1CC(N(C)C(=O)C2CCNC2)CCN1Cc1ccccc1. The van der Waals surface area contributed by atoms with Crippen molar-refractivity contribution >= 4 is 5.91 Å². The van der Waals surface area contributed by atoms with Gasteiger partial charge in [0.05, 0.1) is 5.92 Å². The van der Waals surface area contributed by atoms with Gasteiger partial charge in [0.2, 0.25) is 5.91 Å². The van der Waals surface area contributed by atoms with Gasteiger partial charge < -0.3 is 10.2 Å². The third kappa shape index (κ3) is 3.93. The highest BCUT2D eigenvalue weighted by Crippen LogP contribution is 2.24. The number of benzene rings is 1. The van der Waals surface area contributed by atoms with Crippen LogP contribution in [0.4, 0.5) is 0 Å². The molecule has 3 rings (SSSR count). The smallest absolute Gasteiger partial charge is 0.227 e. The Kier molecular flexibility index (Phi) is 5.34. The molecule has 0 aromatic heterocycles. The lowest BCUT2D eigenvalue weighted by atomic mass is 9.95. The van der Waals surface area contributed by atoms with Gasteiger partial charge >= 0.3 is 0 Å². The Morgan fingerprint density at radius 2 is 2.09 bits per heavy atom. The Hall–Kier alpha value is -1.39.